The lowest BCUT2D eigenvalue weighted by atomic mass is 10.1. The quantitative estimate of drug-likeness (QED) is 0.632. The van der Waals surface area contributed by atoms with E-state index >= 15 is 0 Å². The second-order valence-electron chi connectivity index (χ2n) is 3.91. The molecule has 0 amide bonds. The zero-order chi connectivity index (χ0) is 14.4. The maximum Gasteiger partial charge on any atom is 0.158 e. The maximum absolute atomic E-state index is 13.8. The third-order valence-electron chi connectivity index (χ3n) is 2.69. The van der Waals surface area contributed by atoms with Gasteiger partial charge in [0.1, 0.15) is 27.8 Å². The van der Waals surface area contributed by atoms with Crippen LogP contribution in [-0.4, -0.2) is 14.6 Å². The van der Waals surface area contributed by atoms with Gasteiger partial charge >= 0.3 is 0 Å². The van der Waals surface area contributed by atoms with Gasteiger partial charge in [-0.25, -0.2) is 22.7 Å². The van der Waals surface area contributed by atoms with Gasteiger partial charge in [0.05, 0.1) is 17.3 Å². The molecule has 102 valence electrons. The van der Waals surface area contributed by atoms with Crippen LogP contribution in [0.5, 0.6) is 0 Å². The van der Waals surface area contributed by atoms with Crippen LogP contribution in [0.4, 0.5) is 13.2 Å². The molecule has 0 atom stereocenters. The molecule has 3 nitrogen and oxygen atoms in total. The lowest BCUT2D eigenvalue weighted by Gasteiger charge is -2.10. The summed E-state index contributed by atoms with van der Waals surface area (Å²) in [5.74, 6) is -3.29. The molecule has 0 unspecified atom stereocenters. The molecule has 3 aromatic rings. The first-order valence-electron chi connectivity index (χ1n) is 5.32. The maximum atomic E-state index is 13.8. The van der Waals surface area contributed by atoms with Crippen molar-refractivity contribution < 1.29 is 13.2 Å². The molecule has 0 saturated heterocycles. The first-order valence-corrected chi connectivity index (χ1v) is 6.08. The highest BCUT2D eigenvalue weighted by Crippen LogP contribution is 2.37. The van der Waals surface area contributed by atoms with Gasteiger partial charge in [-0.3, -0.25) is 0 Å². The van der Waals surface area contributed by atoms with E-state index in [1.165, 1.54) is 16.8 Å². The molecule has 3 rings (SSSR count). The molecule has 2 heterocycles. The van der Waals surface area contributed by atoms with Crippen LogP contribution >= 0.6 is 23.2 Å². The standard InChI is InChI=1S/C12H4Cl2F3N3/c13-11-10(9-6(16)3-5(15)4-7(9)17)12(14)20-8(19-11)1-2-18-20/h1-4H. The summed E-state index contributed by atoms with van der Waals surface area (Å²) in [6.45, 7) is 0. The van der Waals surface area contributed by atoms with E-state index in [-0.39, 0.29) is 15.9 Å². The Morgan fingerprint density at radius 3 is 2.30 bits per heavy atom. The Hall–Kier alpha value is -1.79. The second kappa shape index (κ2) is 4.64. The SMILES string of the molecule is Fc1cc(F)c(-c2c(Cl)nc3ccnn3c2Cl)c(F)c1. The molecule has 0 aliphatic carbocycles. The van der Waals surface area contributed by atoms with Crippen molar-refractivity contribution in [3.05, 3.63) is 52.2 Å². The lowest BCUT2D eigenvalue weighted by molar-refractivity contribution is 0.548. The monoisotopic (exact) mass is 317 g/mol. The van der Waals surface area contributed by atoms with Crippen molar-refractivity contribution >= 4 is 28.8 Å². The van der Waals surface area contributed by atoms with Crippen molar-refractivity contribution in [1.82, 2.24) is 14.6 Å². The third kappa shape index (κ3) is 1.92. The Balaban J connectivity index is 2.40. The number of aromatic nitrogens is 3. The van der Waals surface area contributed by atoms with Crippen LogP contribution in [0.2, 0.25) is 10.3 Å². The van der Waals surface area contributed by atoms with E-state index in [0.29, 0.717) is 17.8 Å². The molecule has 0 bridgehead atoms. The summed E-state index contributed by atoms with van der Waals surface area (Å²) in [6, 6.07) is 2.61. The Morgan fingerprint density at radius 2 is 1.65 bits per heavy atom. The third-order valence-corrected chi connectivity index (χ3v) is 3.31. The minimum atomic E-state index is -1.13. The van der Waals surface area contributed by atoms with Crippen molar-refractivity contribution in [2.75, 3.05) is 0 Å². The molecule has 8 heteroatoms. The molecule has 0 saturated carbocycles. The molecule has 0 aliphatic heterocycles. The van der Waals surface area contributed by atoms with Gasteiger partial charge in [0.2, 0.25) is 0 Å². The predicted molar refractivity (Wildman–Crippen MR) is 68.3 cm³/mol. The summed E-state index contributed by atoms with van der Waals surface area (Å²) in [5, 5.41) is 3.55. The number of hydrogen-bond donors (Lipinski definition) is 0. The average Bonchev–Trinajstić information content (AvgIpc) is 2.80. The van der Waals surface area contributed by atoms with Crippen LogP contribution in [0.1, 0.15) is 0 Å². The minimum absolute atomic E-state index is 0.116. The van der Waals surface area contributed by atoms with Gasteiger partial charge in [0, 0.05) is 18.2 Å². The molecule has 0 radical (unpaired) electrons. The molecule has 0 spiro atoms. The van der Waals surface area contributed by atoms with Gasteiger partial charge in [0.15, 0.2) is 5.65 Å². The van der Waals surface area contributed by atoms with E-state index in [4.69, 9.17) is 23.2 Å². The number of fused-ring (bicyclic) bond motifs is 1. The fourth-order valence-electron chi connectivity index (χ4n) is 1.87. The first-order chi connectivity index (χ1) is 9.49. The molecular weight excluding hydrogens is 314 g/mol. The van der Waals surface area contributed by atoms with Crippen molar-refractivity contribution in [2.45, 2.75) is 0 Å². The second-order valence-corrected chi connectivity index (χ2v) is 4.63. The highest BCUT2D eigenvalue weighted by molar-refractivity contribution is 6.38. The Labute approximate surface area is 120 Å². The number of hydrogen-bond acceptors (Lipinski definition) is 2. The van der Waals surface area contributed by atoms with Gasteiger partial charge in [-0.2, -0.15) is 5.10 Å². The van der Waals surface area contributed by atoms with Crippen molar-refractivity contribution in [3.63, 3.8) is 0 Å². The summed E-state index contributed by atoms with van der Waals surface area (Å²) < 4.78 is 41.8. The first kappa shape index (κ1) is 13.2. The minimum Gasteiger partial charge on any atom is -0.216 e. The summed E-state index contributed by atoms with van der Waals surface area (Å²) in [6.07, 6.45) is 1.41. The van der Waals surface area contributed by atoms with Gasteiger partial charge in [0.25, 0.3) is 0 Å². The smallest absolute Gasteiger partial charge is 0.158 e. The van der Waals surface area contributed by atoms with E-state index in [0.717, 1.165) is 0 Å². The molecule has 0 aliphatic rings. The molecule has 0 N–H and O–H groups in total. The van der Waals surface area contributed by atoms with Gasteiger partial charge in [-0.1, -0.05) is 23.2 Å². The van der Waals surface area contributed by atoms with Crippen LogP contribution in [0.25, 0.3) is 16.8 Å². The zero-order valence-corrected chi connectivity index (χ0v) is 11.1. The summed E-state index contributed by atoms with van der Waals surface area (Å²) in [7, 11) is 0. The van der Waals surface area contributed by atoms with E-state index in [1.807, 2.05) is 0 Å². The van der Waals surface area contributed by atoms with Crippen LogP contribution in [0.15, 0.2) is 24.4 Å². The average molecular weight is 318 g/mol. The van der Waals surface area contributed by atoms with Crippen LogP contribution in [0, 0.1) is 17.5 Å². The molecular formula is C12H4Cl2F3N3. The van der Waals surface area contributed by atoms with E-state index in [1.54, 1.807) is 0 Å². The molecule has 0 fully saturated rings. The van der Waals surface area contributed by atoms with E-state index < -0.39 is 23.0 Å². The fraction of sp³-hybridized carbons (Fsp3) is 0. The van der Waals surface area contributed by atoms with Crippen LogP contribution in [-0.2, 0) is 0 Å². The number of nitrogens with zero attached hydrogens (tertiary/aromatic N) is 3. The number of benzene rings is 1. The summed E-state index contributed by atoms with van der Waals surface area (Å²) in [5.41, 5.74) is -0.405. The molecule has 20 heavy (non-hydrogen) atoms. The highest BCUT2D eigenvalue weighted by Gasteiger charge is 2.22. The predicted octanol–water partition coefficient (Wildman–Crippen LogP) is 4.12. The normalized spacial score (nSPS) is 11.2. The highest BCUT2D eigenvalue weighted by atomic mass is 35.5. The Kier molecular flexibility index (Phi) is 3.07. The van der Waals surface area contributed by atoms with Crippen LogP contribution < -0.4 is 0 Å². The lowest BCUT2D eigenvalue weighted by Crippen LogP contribution is -2.00. The van der Waals surface area contributed by atoms with Crippen LogP contribution in [0.3, 0.4) is 0 Å². The van der Waals surface area contributed by atoms with Gasteiger partial charge in [-0.15, -0.1) is 0 Å². The largest absolute Gasteiger partial charge is 0.216 e. The summed E-state index contributed by atoms with van der Waals surface area (Å²) in [4.78, 5) is 3.93. The molecule has 2 aromatic heterocycles. The van der Waals surface area contributed by atoms with E-state index in [2.05, 4.69) is 10.1 Å². The number of halogens is 5. The van der Waals surface area contributed by atoms with Crippen molar-refractivity contribution in [2.24, 2.45) is 0 Å². The topological polar surface area (TPSA) is 30.2 Å². The Bertz CT molecular complexity index is 809. The van der Waals surface area contributed by atoms with Gasteiger partial charge in [-0.05, 0) is 0 Å². The van der Waals surface area contributed by atoms with Crippen molar-refractivity contribution in [1.29, 1.82) is 0 Å². The van der Waals surface area contributed by atoms with Crippen molar-refractivity contribution in [3.8, 4) is 11.1 Å². The number of rotatable bonds is 1. The van der Waals surface area contributed by atoms with E-state index in [9.17, 15) is 13.2 Å². The fourth-order valence-corrected chi connectivity index (χ4v) is 2.50. The van der Waals surface area contributed by atoms with Gasteiger partial charge < -0.3 is 0 Å². The Morgan fingerprint density at radius 1 is 1.00 bits per heavy atom. The zero-order valence-electron chi connectivity index (χ0n) is 9.54. The molecule has 1 aromatic carbocycles. The summed E-state index contributed by atoms with van der Waals surface area (Å²) >= 11 is 12.0.